The molecule has 0 bridgehead atoms. The van der Waals surface area contributed by atoms with Crippen molar-refractivity contribution < 1.29 is 9.26 Å². The van der Waals surface area contributed by atoms with E-state index in [1.165, 1.54) is 4.68 Å². The first-order valence-corrected chi connectivity index (χ1v) is 9.59. The average Bonchev–Trinajstić information content (AvgIpc) is 3.11. The topological polar surface area (TPSA) is 95.9 Å². The molecule has 0 fully saturated rings. The Morgan fingerprint density at radius 1 is 1.00 bits per heavy atom. The predicted octanol–water partition coefficient (Wildman–Crippen LogP) is 3.42. The Labute approximate surface area is 173 Å². The van der Waals surface area contributed by atoms with Crippen LogP contribution in [0.15, 0.2) is 58.2 Å². The highest BCUT2D eigenvalue weighted by atomic mass is 16.5. The molecule has 30 heavy (non-hydrogen) atoms. The van der Waals surface area contributed by atoms with Gasteiger partial charge >= 0.3 is 0 Å². The van der Waals surface area contributed by atoms with Crippen LogP contribution in [-0.2, 0) is 6.54 Å². The van der Waals surface area contributed by atoms with Gasteiger partial charge in [0, 0.05) is 52.5 Å². The summed E-state index contributed by atoms with van der Waals surface area (Å²) in [6.07, 6.45) is 5.06. The fourth-order valence-electron chi connectivity index (χ4n) is 3.06. The summed E-state index contributed by atoms with van der Waals surface area (Å²) in [6, 6.07) is 9.01. The Balaban J connectivity index is 1.61. The lowest BCUT2D eigenvalue weighted by Gasteiger charge is -2.08. The highest BCUT2D eigenvalue weighted by Gasteiger charge is 2.17. The Hall–Kier alpha value is -3.81. The Bertz CT molecular complexity index is 1210. The van der Waals surface area contributed by atoms with E-state index in [0.29, 0.717) is 29.5 Å². The molecule has 4 aromatic rings. The summed E-state index contributed by atoms with van der Waals surface area (Å²) in [7, 11) is 0. The van der Waals surface area contributed by atoms with Crippen LogP contribution < -0.4 is 10.3 Å². The minimum Gasteiger partial charge on any atom is -0.478 e. The third-order valence-corrected chi connectivity index (χ3v) is 4.71. The molecule has 0 saturated heterocycles. The molecule has 0 aliphatic rings. The third-order valence-electron chi connectivity index (χ3n) is 4.71. The third kappa shape index (κ3) is 3.98. The minimum atomic E-state index is -0.227. The summed E-state index contributed by atoms with van der Waals surface area (Å²) in [5, 5.41) is 8.49. The van der Waals surface area contributed by atoms with Crippen LogP contribution >= 0.6 is 0 Å². The Kier molecular flexibility index (Phi) is 5.38. The molecule has 8 nitrogen and oxygen atoms in total. The monoisotopic (exact) mass is 403 g/mol. The second-order valence-electron chi connectivity index (χ2n) is 6.81. The molecule has 0 saturated carbocycles. The van der Waals surface area contributed by atoms with Gasteiger partial charge in [-0.1, -0.05) is 5.16 Å². The minimum absolute atomic E-state index is 0.227. The van der Waals surface area contributed by atoms with Crippen molar-refractivity contribution in [2.45, 2.75) is 27.3 Å². The molecule has 0 atom stereocenters. The van der Waals surface area contributed by atoms with Gasteiger partial charge in [0.1, 0.15) is 11.5 Å². The van der Waals surface area contributed by atoms with Crippen molar-refractivity contribution in [3.05, 3.63) is 76.3 Å². The largest absolute Gasteiger partial charge is 0.478 e. The number of pyridine rings is 2. The summed E-state index contributed by atoms with van der Waals surface area (Å²) in [6.45, 7) is 6.44. The van der Waals surface area contributed by atoms with Crippen LogP contribution in [0.4, 0.5) is 0 Å². The predicted molar refractivity (Wildman–Crippen MR) is 111 cm³/mol. The lowest BCUT2D eigenvalue weighted by Crippen LogP contribution is -2.23. The molecule has 0 aliphatic carbocycles. The number of nitrogens with zero attached hydrogens (tertiary/aromatic N) is 5. The zero-order chi connectivity index (χ0) is 21.1. The van der Waals surface area contributed by atoms with E-state index in [0.717, 1.165) is 22.4 Å². The van der Waals surface area contributed by atoms with Gasteiger partial charge in [0.15, 0.2) is 0 Å². The van der Waals surface area contributed by atoms with E-state index in [1.807, 2.05) is 39.0 Å². The lowest BCUT2D eigenvalue weighted by atomic mass is 10.1. The van der Waals surface area contributed by atoms with Crippen LogP contribution in [0, 0.1) is 13.8 Å². The van der Waals surface area contributed by atoms with Gasteiger partial charge in [-0.3, -0.25) is 9.78 Å². The van der Waals surface area contributed by atoms with Crippen LogP contribution in [0.25, 0.3) is 22.4 Å². The van der Waals surface area contributed by atoms with E-state index in [9.17, 15) is 4.79 Å². The summed E-state index contributed by atoms with van der Waals surface area (Å²) in [4.78, 5) is 21.3. The van der Waals surface area contributed by atoms with E-state index < -0.39 is 0 Å². The van der Waals surface area contributed by atoms with Gasteiger partial charge in [-0.05, 0) is 39.0 Å². The van der Waals surface area contributed by atoms with Crippen LogP contribution in [0.5, 0.6) is 5.88 Å². The molecular weight excluding hydrogens is 382 g/mol. The van der Waals surface area contributed by atoms with E-state index >= 15 is 0 Å². The lowest BCUT2D eigenvalue weighted by molar-refractivity contribution is 0.327. The van der Waals surface area contributed by atoms with Crippen molar-refractivity contribution >= 4 is 0 Å². The van der Waals surface area contributed by atoms with Crippen molar-refractivity contribution in [3.8, 4) is 28.3 Å². The van der Waals surface area contributed by atoms with E-state index in [2.05, 4.69) is 20.2 Å². The molecule has 152 valence electrons. The van der Waals surface area contributed by atoms with Crippen molar-refractivity contribution in [2.75, 3.05) is 6.61 Å². The quantitative estimate of drug-likeness (QED) is 0.487. The molecule has 0 aliphatic heterocycles. The van der Waals surface area contributed by atoms with Gasteiger partial charge < -0.3 is 9.26 Å². The first kappa shape index (κ1) is 19.5. The van der Waals surface area contributed by atoms with Gasteiger partial charge in [-0.15, -0.1) is 0 Å². The Morgan fingerprint density at radius 3 is 2.47 bits per heavy atom. The molecule has 4 heterocycles. The van der Waals surface area contributed by atoms with Crippen LogP contribution in [0.3, 0.4) is 0 Å². The average molecular weight is 403 g/mol. The first-order valence-electron chi connectivity index (χ1n) is 9.59. The van der Waals surface area contributed by atoms with Crippen molar-refractivity contribution in [1.29, 1.82) is 0 Å². The van der Waals surface area contributed by atoms with Gasteiger partial charge in [-0.25, -0.2) is 9.67 Å². The highest BCUT2D eigenvalue weighted by molar-refractivity contribution is 5.63. The van der Waals surface area contributed by atoms with Gasteiger partial charge in [-0.2, -0.15) is 5.10 Å². The summed E-state index contributed by atoms with van der Waals surface area (Å²) in [5.74, 6) is 1.18. The van der Waals surface area contributed by atoms with Gasteiger partial charge in [0.25, 0.3) is 5.56 Å². The summed E-state index contributed by atoms with van der Waals surface area (Å²) < 4.78 is 12.1. The number of aromatic nitrogens is 5. The van der Waals surface area contributed by atoms with Crippen molar-refractivity contribution in [1.82, 2.24) is 24.9 Å². The molecule has 0 spiro atoms. The molecule has 0 aromatic carbocycles. The fourth-order valence-corrected chi connectivity index (χ4v) is 3.06. The number of aryl methyl sites for hydroxylation is 2. The maximum Gasteiger partial charge on any atom is 0.267 e. The fraction of sp³-hybridized carbons (Fsp3) is 0.227. The molecule has 0 N–H and O–H groups in total. The van der Waals surface area contributed by atoms with Gasteiger partial charge in [0.2, 0.25) is 5.88 Å². The molecule has 0 amide bonds. The standard InChI is InChI=1S/C22H21N5O3/c1-4-29-20-8-7-16(10-24-20)18-9-21(28)27(25-12-18)13-19-15(3)30-26-22(19)17-6-5-14(2)23-11-17/h5-12H,4,13H2,1-3H3. The zero-order valence-electron chi connectivity index (χ0n) is 17.0. The van der Waals surface area contributed by atoms with Gasteiger partial charge in [0.05, 0.1) is 19.3 Å². The molecular formula is C22H21N5O3. The summed E-state index contributed by atoms with van der Waals surface area (Å²) in [5.41, 5.74) is 4.46. The SMILES string of the molecule is CCOc1ccc(-c2cnn(Cc3c(-c4ccc(C)nc4)noc3C)c(=O)c2)cn1. The van der Waals surface area contributed by atoms with Crippen LogP contribution in [0.2, 0.25) is 0 Å². The molecule has 0 radical (unpaired) electrons. The van der Waals surface area contributed by atoms with Crippen LogP contribution in [0.1, 0.15) is 23.9 Å². The smallest absolute Gasteiger partial charge is 0.267 e. The number of rotatable bonds is 6. The van der Waals surface area contributed by atoms with E-state index in [1.54, 1.807) is 30.7 Å². The highest BCUT2D eigenvalue weighted by Crippen LogP contribution is 2.25. The van der Waals surface area contributed by atoms with E-state index in [-0.39, 0.29) is 12.1 Å². The van der Waals surface area contributed by atoms with Crippen LogP contribution in [-0.4, -0.2) is 31.5 Å². The normalized spacial score (nSPS) is 10.9. The second kappa shape index (κ2) is 8.28. The zero-order valence-corrected chi connectivity index (χ0v) is 17.0. The maximum absolute atomic E-state index is 12.7. The van der Waals surface area contributed by atoms with E-state index in [4.69, 9.17) is 9.26 Å². The van der Waals surface area contributed by atoms with Crippen molar-refractivity contribution in [3.63, 3.8) is 0 Å². The first-order chi connectivity index (χ1) is 14.5. The Morgan fingerprint density at radius 2 is 1.80 bits per heavy atom. The molecule has 0 unspecified atom stereocenters. The number of hydrogen-bond donors (Lipinski definition) is 0. The second-order valence-corrected chi connectivity index (χ2v) is 6.81. The molecule has 8 heteroatoms. The maximum atomic E-state index is 12.7. The molecule has 4 rings (SSSR count). The summed E-state index contributed by atoms with van der Waals surface area (Å²) >= 11 is 0. The number of ether oxygens (including phenoxy) is 1. The molecule has 4 aromatic heterocycles. The van der Waals surface area contributed by atoms with Crippen molar-refractivity contribution in [2.24, 2.45) is 0 Å². The number of hydrogen-bond acceptors (Lipinski definition) is 7.